The van der Waals surface area contributed by atoms with Crippen molar-refractivity contribution in [2.45, 2.75) is 78.1 Å². The van der Waals surface area contributed by atoms with E-state index in [4.69, 9.17) is 0 Å². The number of rotatable bonds is 8. The second kappa shape index (κ2) is 9.00. The van der Waals surface area contributed by atoms with Crippen molar-refractivity contribution in [1.29, 1.82) is 5.26 Å². The monoisotopic (exact) mass is 278 g/mol. The first kappa shape index (κ1) is 17.0. The Hall–Kier alpha value is -1.04. The molecule has 114 valence electrons. The number of hydrogen-bond donors (Lipinski definition) is 1. The lowest BCUT2D eigenvalue weighted by molar-refractivity contribution is -0.129. The van der Waals surface area contributed by atoms with Crippen molar-refractivity contribution in [3.8, 4) is 6.07 Å². The van der Waals surface area contributed by atoms with Gasteiger partial charge in [-0.25, -0.2) is 0 Å². The Morgan fingerprint density at radius 2 is 1.80 bits per heavy atom. The van der Waals surface area contributed by atoms with Gasteiger partial charge in [0.15, 0.2) is 0 Å². The molecule has 1 aliphatic rings. The molecule has 1 rings (SSSR count). The standard InChI is InChI=1S/C17H30N2O/c1-3-11-17(14-18,12-4-2)16(20)19-13-10-15-8-6-5-7-9-15/h15H,3-13H2,1-2H3,(H,19,20). The number of nitriles is 1. The summed E-state index contributed by atoms with van der Waals surface area (Å²) >= 11 is 0. The summed E-state index contributed by atoms with van der Waals surface area (Å²) in [5.41, 5.74) is -0.796. The van der Waals surface area contributed by atoms with Gasteiger partial charge in [-0.3, -0.25) is 4.79 Å². The Kier molecular flexibility index (Phi) is 7.65. The highest BCUT2D eigenvalue weighted by Crippen LogP contribution is 2.30. The first-order valence-electron chi connectivity index (χ1n) is 8.38. The van der Waals surface area contributed by atoms with E-state index in [1.165, 1.54) is 32.1 Å². The van der Waals surface area contributed by atoms with Gasteiger partial charge in [0, 0.05) is 6.54 Å². The van der Waals surface area contributed by atoms with Crippen LogP contribution >= 0.6 is 0 Å². The third kappa shape index (κ3) is 4.81. The molecule has 0 heterocycles. The number of carbonyl (C=O) groups excluding carboxylic acids is 1. The normalized spacial score (nSPS) is 16.6. The number of hydrogen-bond acceptors (Lipinski definition) is 2. The number of amides is 1. The molecule has 1 N–H and O–H groups in total. The van der Waals surface area contributed by atoms with Crippen molar-refractivity contribution in [3.05, 3.63) is 0 Å². The zero-order chi connectivity index (χ0) is 14.8. The molecule has 3 nitrogen and oxygen atoms in total. The average Bonchev–Trinajstić information content (AvgIpc) is 2.48. The second-order valence-corrected chi connectivity index (χ2v) is 6.24. The quantitative estimate of drug-likeness (QED) is 0.724. The van der Waals surface area contributed by atoms with Gasteiger partial charge < -0.3 is 5.32 Å². The number of carbonyl (C=O) groups is 1. The smallest absolute Gasteiger partial charge is 0.240 e. The molecular weight excluding hydrogens is 248 g/mol. The minimum absolute atomic E-state index is 0.0421. The summed E-state index contributed by atoms with van der Waals surface area (Å²) in [6, 6.07) is 2.29. The zero-order valence-corrected chi connectivity index (χ0v) is 13.2. The Morgan fingerprint density at radius 1 is 1.20 bits per heavy atom. The van der Waals surface area contributed by atoms with E-state index in [9.17, 15) is 10.1 Å². The van der Waals surface area contributed by atoms with Crippen LogP contribution in [0.4, 0.5) is 0 Å². The predicted molar refractivity (Wildman–Crippen MR) is 82.1 cm³/mol. The molecule has 1 amide bonds. The van der Waals surface area contributed by atoms with E-state index >= 15 is 0 Å². The fourth-order valence-electron chi connectivity index (χ4n) is 3.40. The van der Waals surface area contributed by atoms with Crippen LogP contribution in [-0.2, 0) is 4.79 Å². The van der Waals surface area contributed by atoms with Crippen LogP contribution < -0.4 is 5.32 Å². The van der Waals surface area contributed by atoms with E-state index in [2.05, 4.69) is 11.4 Å². The van der Waals surface area contributed by atoms with Crippen LogP contribution in [0.2, 0.25) is 0 Å². The molecular formula is C17H30N2O. The van der Waals surface area contributed by atoms with Crippen molar-refractivity contribution in [3.63, 3.8) is 0 Å². The first-order chi connectivity index (χ1) is 9.68. The predicted octanol–water partition coefficient (Wildman–Crippen LogP) is 4.18. The molecule has 0 aromatic carbocycles. The van der Waals surface area contributed by atoms with E-state index in [-0.39, 0.29) is 5.91 Å². The molecule has 0 atom stereocenters. The molecule has 0 radical (unpaired) electrons. The molecule has 0 aromatic rings. The van der Waals surface area contributed by atoms with Crippen LogP contribution in [0, 0.1) is 22.7 Å². The van der Waals surface area contributed by atoms with Gasteiger partial charge in [0.2, 0.25) is 5.91 Å². The minimum atomic E-state index is -0.796. The number of nitrogens with one attached hydrogen (secondary N) is 1. The Morgan fingerprint density at radius 3 is 2.30 bits per heavy atom. The molecule has 3 heteroatoms. The van der Waals surface area contributed by atoms with E-state index < -0.39 is 5.41 Å². The van der Waals surface area contributed by atoms with E-state index in [0.717, 1.165) is 31.7 Å². The highest BCUT2D eigenvalue weighted by atomic mass is 16.2. The topological polar surface area (TPSA) is 52.9 Å². The molecule has 1 fully saturated rings. The van der Waals surface area contributed by atoms with Crippen LogP contribution in [0.15, 0.2) is 0 Å². The van der Waals surface area contributed by atoms with Crippen molar-refractivity contribution >= 4 is 5.91 Å². The molecule has 0 aromatic heterocycles. The lowest BCUT2D eigenvalue weighted by atomic mass is 9.79. The lowest BCUT2D eigenvalue weighted by Crippen LogP contribution is -2.41. The average molecular weight is 278 g/mol. The summed E-state index contributed by atoms with van der Waals surface area (Å²) in [4.78, 5) is 12.4. The van der Waals surface area contributed by atoms with E-state index in [1.807, 2.05) is 13.8 Å². The maximum atomic E-state index is 12.4. The molecule has 0 unspecified atom stereocenters. The summed E-state index contributed by atoms with van der Waals surface area (Å²) in [6.07, 6.45) is 10.8. The lowest BCUT2D eigenvalue weighted by Gasteiger charge is -2.26. The van der Waals surface area contributed by atoms with Crippen molar-refractivity contribution in [1.82, 2.24) is 5.32 Å². The highest BCUT2D eigenvalue weighted by molar-refractivity contribution is 5.85. The molecule has 1 saturated carbocycles. The Balaban J connectivity index is 2.43. The summed E-state index contributed by atoms with van der Waals surface area (Å²) in [6.45, 7) is 4.81. The summed E-state index contributed by atoms with van der Waals surface area (Å²) in [5, 5.41) is 12.5. The first-order valence-corrected chi connectivity index (χ1v) is 8.38. The largest absolute Gasteiger partial charge is 0.355 e. The minimum Gasteiger partial charge on any atom is -0.355 e. The number of nitrogens with zero attached hydrogens (tertiary/aromatic N) is 1. The van der Waals surface area contributed by atoms with Gasteiger partial charge in [-0.15, -0.1) is 0 Å². The van der Waals surface area contributed by atoms with Gasteiger partial charge in [-0.05, 0) is 25.2 Å². The van der Waals surface area contributed by atoms with Crippen LogP contribution in [0.5, 0.6) is 0 Å². The zero-order valence-electron chi connectivity index (χ0n) is 13.2. The maximum Gasteiger partial charge on any atom is 0.240 e. The van der Waals surface area contributed by atoms with Gasteiger partial charge in [0.05, 0.1) is 6.07 Å². The Labute approximate surface area is 124 Å². The van der Waals surface area contributed by atoms with Gasteiger partial charge in [0.25, 0.3) is 0 Å². The fraction of sp³-hybridized carbons (Fsp3) is 0.882. The molecule has 20 heavy (non-hydrogen) atoms. The summed E-state index contributed by atoms with van der Waals surface area (Å²) in [5.74, 6) is 0.734. The van der Waals surface area contributed by atoms with Crippen LogP contribution in [0.25, 0.3) is 0 Å². The summed E-state index contributed by atoms with van der Waals surface area (Å²) in [7, 11) is 0. The maximum absolute atomic E-state index is 12.4. The molecule has 1 aliphatic carbocycles. The third-order valence-corrected chi connectivity index (χ3v) is 4.57. The summed E-state index contributed by atoms with van der Waals surface area (Å²) < 4.78 is 0. The SMILES string of the molecule is CCCC(C#N)(CCC)C(=O)NCCC1CCCCC1. The van der Waals surface area contributed by atoms with Gasteiger partial charge >= 0.3 is 0 Å². The van der Waals surface area contributed by atoms with Gasteiger partial charge in [-0.2, -0.15) is 5.26 Å². The molecule has 0 bridgehead atoms. The Bertz CT molecular complexity index is 320. The van der Waals surface area contributed by atoms with E-state index in [0.29, 0.717) is 12.8 Å². The van der Waals surface area contributed by atoms with Crippen molar-refractivity contribution in [2.24, 2.45) is 11.3 Å². The van der Waals surface area contributed by atoms with Crippen LogP contribution in [0.1, 0.15) is 78.1 Å². The van der Waals surface area contributed by atoms with Crippen molar-refractivity contribution < 1.29 is 4.79 Å². The van der Waals surface area contributed by atoms with Crippen molar-refractivity contribution in [2.75, 3.05) is 6.54 Å². The molecule has 0 spiro atoms. The van der Waals surface area contributed by atoms with Crippen LogP contribution in [0.3, 0.4) is 0 Å². The highest BCUT2D eigenvalue weighted by Gasteiger charge is 2.36. The molecule has 0 saturated heterocycles. The van der Waals surface area contributed by atoms with Crippen LogP contribution in [-0.4, -0.2) is 12.5 Å². The fourth-order valence-corrected chi connectivity index (χ4v) is 3.40. The van der Waals surface area contributed by atoms with Gasteiger partial charge in [0.1, 0.15) is 5.41 Å². The second-order valence-electron chi connectivity index (χ2n) is 6.24. The third-order valence-electron chi connectivity index (χ3n) is 4.57. The van der Waals surface area contributed by atoms with E-state index in [1.54, 1.807) is 0 Å². The molecule has 0 aliphatic heterocycles. The van der Waals surface area contributed by atoms with Gasteiger partial charge in [-0.1, -0.05) is 58.8 Å².